The van der Waals surface area contributed by atoms with E-state index < -0.39 is 0 Å². The van der Waals surface area contributed by atoms with E-state index in [2.05, 4.69) is 40.6 Å². The summed E-state index contributed by atoms with van der Waals surface area (Å²) >= 11 is 1.55. The van der Waals surface area contributed by atoms with E-state index in [4.69, 9.17) is 0 Å². The van der Waals surface area contributed by atoms with Gasteiger partial charge in [0.15, 0.2) is 0 Å². The van der Waals surface area contributed by atoms with Crippen LogP contribution in [0.15, 0.2) is 71.9 Å². The lowest BCUT2D eigenvalue weighted by Crippen LogP contribution is -2.28. The quantitative estimate of drug-likeness (QED) is 0.716. The van der Waals surface area contributed by atoms with Gasteiger partial charge in [-0.05, 0) is 41.5 Å². The third kappa shape index (κ3) is 4.11. The molecule has 3 nitrogen and oxygen atoms in total. The first-order valence-corrected chi connectivity index (χ1v) is 8.52. The summed E-state index contributed by atoms with van der Waals surface area (Å²) in [5.74, 6) is 0.433. The smallest absolute Gasteiger partial charge is 0.230 e. The van der Waals surface area contributed by atoms with E-state index in [0.29, 0.717) is 5.75 Å². The number of rotatable bonds is 5. The minimum atomic E-state index is -0.0339. The number of carbonyl (C=O) groups excluding carboxylic acids is 1. The molecule has 0 aliphatic rings. The van der Waals surface area contributed by atoms with Crippen LogP contribution in [0.1, 0.15) is 18.5 Å². The fourth-order valence-electron chi connectivity index (χ4n) is 2.40. The Balaban J connectivity index is 1.57. The van der Waals surface area contributed by atoms with Crippen LogP contribution in [0.3, 0.4) is 0 Å². The van der Waals surface area contributed by atoms with Crippen LogP contribution < -0.4 is 5.32 Å². The van der Waals surface area contributed by atoms with Gasteiger partial charge >= 0.3 is 0 Å². The van der Waals surface area contributed by atoms with Gasteiger partial charge in [0.25, 0.3) is 0 Å². The van der Waals surface area contributed by atoms with Crippen LogP contribution in [0, 0.1) is 0 Å². The van der Waals surface area contributed by atoms with Crippen LogP contribution in [0.25, 0.3) is 10.8 Å². The van der Waals surface area contributed by atoms with Gasteiger partial charge in [-0.15, -0.1) is 11.8 Å². The summed E-state index contributed by atoms with van der Waals surface area (Å²) in [6.45, 7) is 1.97. The molecule has 1 aromatic heterocycles. The molecule has 0 aliphatic heterocycles. The summed E-state index contributed by atoms with van der Waals surface area (Å²) in [6.07, 6.45) is 3.51. The average Bonchev–Trinajstić information content (AvgIpc) is 2.60. The van der Waals surface area contributed by atoms with Crippen molar-refractivity contribution in [2.45, 2.75) is 17.9 Å². The molecule has 116 valence electrons. The summed E-state index contributed by atoms with van der Waals surface area (Å²) in [7, 11) is 0. The molecule has 3 rings (SSSR count). The maximum Gasteiger partial charge on any atom is 0.230 e. The number of hydrogen-bond donors (Lipinski definition) is 1. The van der Waals surface area contributed by atoms with Crippen molar-refractivity contribution in [3.8, 4) is 0 Å². The Morgan fingerprint density at radius 2 is 1.96 bits per heavy atom. The van der Waals surface area contributed by atoms with E-state index in [1.165, 1.54) is 10.8 Å². The number of pyridine rings is 1. The minimum absolute atomic E-state index is 0.0273. The van der Waals surface area contributed by atoms with Crippen LogP contribution in [0.5, 0.6) is 0 Å². The van der Waals surface area contributed by atoms with Gasteiger partial charge < -0.3 is 5.32 Å². The summed E-state index contributed by atoms with van der Waals surface area (Å²) in [5, 5.41) is 5.41. The van der Waals surface area contributed by atoms with Crippen molar-refractivity contribution in [3.63, 3.8) is 0 Å². The highest BCUT2D eigenvalue weighted by molar-refractivity contribution is 8.00. The van der Waals surface area contributed by atoms with Crippen molar-refractivity contribution in [2.24, 2.45) is 0 Å². The molecule has 0 aliphatic carbocycles. The van der Waals surface area contributed by atoms with Crippen LogP contribution in [-0.4, -0.2) is 16.6 Å². The van der Waals surface area contributed by atoms with Crippen LogP contribution in [0.4, 0.5) is 0 Å². The van der Waals surface area contributed by atoms with Gasteiger partial charge in [-0.25, -0.2) is 0 Å². The van der Waals surface area contributed by atoms with E-state index >= 15 is 0 Å². The third-order valence-corrected chi connectivity index (χ3v) is 4.65. The number of benzene rings is 2. The Bertz CT molecular complexity index is 805. The second-order valence-corrected chi connectivity index (χ2v) is 6.42. The first-order chi connectivity index (χ1) is 11.2. The Labute approximate surface area is 140 Å². The van der Waals surface area contributed by atoms with E-state index in [0.717, 1.165) is 10.5 Å². The lowest BCUT2D eigenvalue weighted by molar-refractivity contribution is -0.119. The molecule has 3 aromatic rings. The first kappa shape index (κ1) is 15.6. The van der Waals surface area contributed by atoms with Gasteiger partial charge in [-0.1, -0.05) is 36.4 Å². The van der Waals surface area contributed by atoms with Gasteiger partial charge in [0.05, 0.1) is 11.8 Å². The van der Waals surface area contributed by atoms with Gasteiger partial charge in [0.2, 0.25) is 5.91 Å². The minimum Gasteiger partial charge on any atom is -0.349 e. The molecular weight excluding hydrogens is 304 g/mol. The van der Waals surface area contributed by atoms with Gasteiger partial charge in [0, 0.05) is 17.3 Å². The summed E-state index contributed by atoms with van der Waals surface area (Å²) in [6, 6.07) is 18.3. The normalized spacial score (nSPS) is 12.0. The maximum absolute atomic E-state index is 12.1. The maximum atomic E-state index is 12.1. The molecular formula is C19H18N2OS. The number of thioether (sulfide) groups is 1. The van der Waals surface area contributed by atoms with E-state index in [-0.39, 0.29) is 11.9 Å². The molecule has 1 atom stereocenters. The fourth-order valence-corrected chi connectivity index (χ4v) is 3.16. The van der Waals surface area contributed by atoms with Crippen molar-refractivity contribution < 1.29 is 4.79 Å². The van der Waals surface area contributed by atoms with Crippen molar-refractivity contribution in [1.82, 2.24) is 10.3 Å². The number of nitrogens with zero attached hydrogens (tertiary/aromatic N) is 1. The highest BCUT2D eigenvalue weighted by atomic mass is 32.2. The largest absolute Gasteiger partial charge is 0.349 e. The van der Waals surface area contributed by atoms with E-state index in [1.54, 1.807) is 24.2 Å². The highest BCUT2D eigenvalue weighted by Gasteiger charge is 2.10. The second-order valence-electron chi connectivity index (χ2n) is 5.37. The second kappa shape index (κ2) is 7.29. The number of nitrogens with one attached hydrogen (secondary N) is 1. The van der Waals surface area contributed by atoms with Crippen molar-refractivity contribution in [2.75, 3.05) is 5.75 Å². The van der Waals surface area contributed by atoms with Crippen LogP contribution >= 0.6 is 11.8 Å². The topological polar surface area (TPSA) is 42.0 Å². The molecule has 2 aromatic carbocycles. The molecule has 1 amide bonds. The number of hydrogen-bond acceptors (Lipinski definition) is 3. The molecule has 0 spiro atoms. The van der Waals surface area contributed by atoms with Gasteiger partial charge in [-0.3, -0.25) is 9.78 Å². The summed E-state index contributed by atoms with van der Waals surface area (Å²) in [4.78, 5) is 17.3. The highest BCUT2D eigenvalue weighted by Crippen LogP contribution is 2.23. The number of amides is 1. The Morgan fingerprint density at radius 1 is 1.13 bits per heavy atom. The molecule has 0 saturated carbocycles. The summed E-state index contributed by atoms with van der Waals surface area (Å²) < 4.78 is 0. The summed E-state index contributed by atoms with van der Waals surface area (Å²) in [5.41, 5.74) is 1.01. The number of fused-ring (bicyclic) bond motifs is 1. The third-order valence-electron chi connectivity index (χ3n) is 3.65. The zero-order valence-electron chi connectivity index (χ0n) is 12.9. The SMILES string of the molecule is CC(NC(=O)CSc1ccc2ccccc2c1)c1cccnc1. The monoisotopic (exact) mass is 322 g/mol. The lowest BCUT2D eigenvalue weighted by atomic mass is 10.1. The zero-order valence-corrected chi connectivity index (χ0v) is 13.7. The van der Waals surface area contributed by atoms with Crippen LogP contribution in [0.2, 0.25) is 0 Å². The average molecular weight is 322 g/mol. The molecule has 1 heterocycles. The van der Waals surface area contributed by atoms with Crippen LogP contribution in [-0.2, 0) is 4.79 Å². The predicted molar refractivity (Wildman–Crippen MR) is 95.5 cm³/mol. The molecule has 0 radical (unpaired) electrons. The van der Waals surface area contributed by atoms with Crippen molar-refractivity contribution >= 4 is 28.4 Å². The molecule has 1 unspecified atom stereocenters. The Kier molecular flexibility index (Phi) is 4.93. The number of carbonyl (C=O) groups is 1. The van der Waals surface area contributed by atoms with E-state index in [1.807, 2.05) is 31.2 Å². The fraction of sp³-hybridized carbons (Fsp3) is 0.158. The van der Waals surface area contributed by atoms with Crippen molar-refractivity contribution in [3.05, 3.63) is 72.6 Å². The Morgan fingerprint density at radius 3 is 2.74 bits per heavy atom. The molecule has 4 heteroatoms. The molecule has 0 bridgehead atoms. The molecule has 0 saturated heterocycles. The van der Waals surface area contributed by atoms with Crippen molar-refractivity contribution in [1.29, 1.82) is 0 Å². The zero-order chi connectivity index (χ0) is 16.1. The first-order valence-electron chi connectivity index (χ1n) is 7.53. The van der Waals surface area contributed by atoms with E-state index in [9.17, 15) is 4.79 Å². The Hall–Kier alpha value is -2.33. The number of aromatic nitrogens is 1. The lowest BCUT2D eigenvalue weighted by Gasteiger charge is -2.13. The standard InChI is InChI=1S/C19H18N2OS/c1-14(17-7-4-10-20-12-17)21-19(22)13-23-18-9-8-15-5-2-3-6-16(15)11-18/h2-12,14H,13H2,1H3,(H,21,22). The molecule has 0 fully saturated rings. The van der Waals surface area contributed by atoms with Gasteiger partial charge in [0.1, 0.15) is 0 Å². The predicted octanol–water partition coefficient (Wildman–Crippen LogP) is 4.20. The molecule has 23 heavy (non-hydrogen) atoms. The van der Waals surface area contributed by atoms with Gasteiger partial charge in [-0.2, -0.15) is 0 Å². The molecule has 1 N–H and O–H groups in total.